The molecular weight excluding hydrogens is 811 g/mol. The fourth-order valence-corrected chi connectivity index (χ4v) is 9.35. The maximum Gasteiger partial charge on any atom is 0.164 e. The molecule has 0 amide bonds. The second kappa shape index (κ2) is 15.3. The van der Waals surface area contributed by atoms with E-state index in [2.05, 4.69) is 249 Å². The van der Waals surface area contributed by atoms with Crippen LogP contribution in [0.4, 0.5) is 85.3 Å². The third-order valence-corrected chi connectivity index (χ3v) is 12.5. The van der Waals surface area contributed by atoms with Gasteiger partial charge in [-0.2, -0.15) is 0 Å². The Labute approximate surface area is 382 Å². The van der Waals surface area contributed by atoms with E-state index in [1.54, 1.807) is 0 Å². The van der Waals surface area contributed by atoms with E-state index in [9.17, 15) is 0 Å². The molecule has 0 radical (unpaired) electrons. The van der Waals surface area contributed by atoms with Gasteiger partial charge in [0.15, 0.2) is 17.5 Å². The molecule has 4 heterocycles. The number of nitrogens with zero attached hydrogens (tertiary/aromatic N) is 6. The first-order chi connectivity index (χ1) is 32.7. The number of fused-ring (bicyclic) bond motifs is 6. The molecule has 0 saturated heterocycles. The quantitative estimate of drug-likeness (QED) is 0.151. The Kier molecular flexibility index (Phi) is 8.63. The van der Waals surface area contributed by atoms with Crippen LogP contribution in [0, 0.1) is 0 Å². The van der Waals surface area contributed by atoms with Crippen LogP contribution in [-0.4, -0.2) is 15.0 Å². The molecule has 312 valence electrons. The third kappa shape index (κ3) is 6.29. The standard InChI is InChI=1S/C57H39N9/c1-7-19-49-43(13-1)58-44-14-2-8-20-50(44)64(49)40-31-25-37(26-32-40)55-61-56(38-27-33-41(34-28-38)65-51-21-9-3-15-45(51)59-46-16-4-10-22-52(46)65)63-57(62-55)39-29-35-42(36-30-39)66-53-23-11-5-17-47(53)60-48-18-6-12-24-54(48)66/h1-36,58-60H. The van der Waals surface area contributed by atoms with E-state index in [-0.39, 0.29) is 0 Å². The van der Waals surface area contributed by atoms with Gasteiger partial charge in [0.2, 0.25) is 0 Å². The van der Waals surface area contributed by atoms with Crippen LogP contribution in [0.25, 0.3) is 34.2 Å². The van der Waals surface area contributed by atoms with E-state index in [0.717, 1.165) is 102 Å². The van der Waals surface area contributed by atoms with Gasteiger partial charge in [0.1, 0.15) is 0 Å². The lowest BCUT2D eigenvalue weighted by atomic mass is 10.1. The Morgan fingerprint density at radius 2 is 0.424 bits per heavy atom. The van der Waals surface area contributed by atoms with Crippen molar-refractivity contribution >= 4 is 85.3 Å². The average Bonchev–Trinajstić information content (AvgIpc) is 3.39. The highest BCUT2D eigenvalue weighted by molar-refractivity contribution is 5.99. The van der Waals surface area contributed by atoms with Crippen molar-refractivity contribution in [2.45, 2.75) is 0 Å². The van der Waals surface area contributed by atoms with Gasteiger partial charge in [0.25, 0.3) is 0 Å². The molecule has 1 aromatic heterocycles. The summed E-state index contributed by atoms with van der Waals surface area (Å²) in [7, 11) is 0. The summed E-state index contributed by atoms with van der Waals surface area (Å²) >= 11 is 0. The van der Waals surface area contributed by atoms with E-state index < -0.39 is 0 Å². The molecule has 0 atom stereocenters. The van der Waals surface area contributed by atoms with Crippen LogP contribution >= 0.6 is 0 Å². The van der Waals surface area contributed by atoms with Gasteiger partial charge in [-0.3, -0.25) is 0 Å². The molecule has 0 aliphatic carbocycles. The predicted molar refractivity (Wildman–Crippen MR) is 270 cm³/mol. The Bertz CT molecular complexity index is 2960. The Morgan fingerprint density at radius 3 is 0.636 bits per heavy atom. The first kappa shape index (κ1) is 37.4. The number of anilines is 15. The van der Waals surface area contributed by atoms with Crippen molar-refractivity contribution in [1.82, 2.24) is 15.0 Å². The van der Waals surface area contributed by atoms with Crippen molar-refractivity contribution in [2.24, 2.45) is 0 Å². The second-order valence-corrected chi connectivity index (χ2v) is 16.4. The van der Waals surface area contributed by atoms with Gasteiger partial charge >= 0.3 is 0 Å². The highest BCUT2D eigenvalue weighted by Crippen LogP contribution is 2.50. The highest BCUT2D eigenvalue weighted by Gasteiger charge is 2.27. The van der Waals surface area contributed by atoms with Gasteiger partial charge in [0, 0.05) is 33.8 Å². The van der Waals surface area contributed by atoms with E-state index in [1.165, 1.54) is 0 Å². The van der Waals surface area contributed by atoms with Gasteiger partial charge < -0.3 is 30.7 Å². The van der Waals surface area contributed by atoms with Gasteiger partial charge in [0.05, 0.1) is 68.2 Å². The summed E-state index contributed by atoms with van der Waals surface area (Å²) in [6.45, 7) is 0. The molecule has 13 rings (SSSR count). The lowest BCUT2D eigenvalue weighted by Gasteiger charge is -2.34. The molecule has 66 heavy (non-hydrogen) atoms. The highest BCUT2D eigenvalue weighted by atomic mass is 15.2. The molecule has 0 unspecified atom stereocenters. The summed E-state index contributed by atoms with van der Waals surface area (Å²) in [6, 6.07) is 75.9. The third-order valence-electron chi connectivity index (χ3n) is 12.5. The largest absolute Gasteiger partial charge is 0.352 e. The molecule has 0 saturated carbocycles. The summed E-state index contributed by atoms with van der Waals surface area (Å²) in [4.78, 5) is 22.4. The van der Waals surface area contributed by atoms with Crippen LogP contribution in [0.3, 0.4) is 0 Å². The number of para-hydroxylation sites is 12. The molecule has 3 N–H and O–H groups in total. The predicted octanol–water partition coefficient (Wildman–Crippen LogP) is 15.5. The van der Waals surface area contributed by atoms with Crippen molar-refractivity contribution in [2.75, 3.05) is 30.7 Å². The zero-order chi connectivity index (χ0) is 43.6. The fourth-order valence-electron chi connectivity index (χ4n) is 9.35. The van der Waals surface area contributed by atoms with Gasteiger partial charge in [-0.25, -0.2) is 15.0 Å². The number of nitrogens with one attached hydrogen (secondary N) is 3. The molecule has 10 aromatic rings. The molecule has 9 nitrogen and oxygen atoms in total. The van der Waals surface area contributed by atoms with E-state index in [4.69, 9.17) is 15.0 Å². The van der Waals surface area contributed by atoms with Crippen molar-refractivity contribution in [3.8, 4) is 34.2 Å². The molecule has 3 aliphatic heterocycles. The first-order valence-electron chi connectivity index (χ1n) is 22.0. The number of hydrogen-bond acceptors (Lipinski definition) is 9. The van der Waals surface area contributed by atoms with Gasteiger partial charge in [-0.05, 0) is 146 Å². The zero-order valence-electron chi connectivity index (χ0n) is 35.5. The van der Waals surface area contributed by atoms with Crippen molar-refractivity contribution in [1.29, 1.82) is 0 Å². The summed E-state index contributed by atoms with van der Waals surface area (Å²) in [5.41, 5.74) is 18.6. The molecule has 3 aliphatic rings. The van der Waals surface area contributed by atoms with E-state index in [0.29, 0.717) is 17.5 Å². The summed E-state index contributed by atoms with van der Waals surface area (Å²) in [5, 5.41) is 10.8. The SMILES string of the molecule is c1ccc2c(c1)Nc1ccccc1N2c1ccc(-c2nc(-c3ccc(N4c5ccccc5Nc5ccccc54)cc3)nc(-c3ccc(N4c5ccccc5Nc5ccccc54)cc3)n2)cc1. The van der Waals surface area contributed by atoms with E-state index in [1.807, 2.05) is 0 Å². The first-order valence-corrected chi connectivity index (χ1v) is 22.0. The van der Waals surface area contributed by atoms with Crippen LogP contribution in [0.1, 0.15) is 0 Å². The van der Waals surface area contributed by atoms with Crippen molar-refractivity contribution < 1.29 is 0 Å². The normalized spacial score (nSPS) is 12.8. The van der Waals surface area contributed by atoms with Crippen LogP contribution in [-0.2, 0) is 0 Å². The Balaban J connectivity index is 0.901. The fraction of sp³-hybridized carbons (Fsp3) is 0. The molecule has 0 spiro atoms. The summed E-state index contributed by atoms with van der Waals surface area (Å²) in [5.74, 6) is 1.77. The lowest BCUT2D eigenvalue weighted by Crippen LogP contribution is -2.17. The average molecular weight is 850 g/mol. The number of hydrogen-bond donors (Lipinski definition) is 3. The van der Waals surface area contributed by atoms with Crippen molar-refractivity contribution in [3.63, 3.8) is 0 Å². The van der Waals surface area contributed by atoms with Crippen LogP contribution in [0.15, 0.2) is 218 Å². The summed E-state index contributed by atoms with van der Waals surface area (Å²) in [6.07, 6.45) is 0. The minimum atomic E-state index is 0.589. The lowest BCUT2D eigenvalue weighted by molar-refractivity contribution is 1.07. The molecule has 9 heteroatoms. The van der Waals surface area contributed by atoms with Gasteiger partial charge in [-0.15, -0.1) is 0 Å². The van der Waals surface area contributed by atoms with Crippen LogP contribution in [0.5, 0.6) is 0 Å². The smallest absolute Gasteiger partial charge is 0.164 e. The monoisotopic (exact) mass is 849 g/mol. The molecular formula is C57H39N9. The topological polar surface area (TPSA) is 84.5 Å². The van der Waals surface area contributed by atoms with Gasteiger partial charge in [-0.1, -0.05) is 72.8 Å². The van der Waals surface area contributed by atoms with Crippen LogP contribution < -0.4 is 30.7 Å². The number of benzene rings is 9. The molecule has 0 fully saturated rings. The number of aromatic nitrogens is 3. The maximum atomic E-state index is 5.18. The maximum absolute atomic E-state index is 5.18. The summed E-state index contributed by atoms with van der Waals surface area (Å²) < 4.78 is 0. The second-order valence-electron chi connectivity index (χ2n) is 16.4. The van der Waals surface area contributed by atoms with Crippen LogP contribution in [0.2, 0.25) is 0 Å². The Morgan fingerprint density at radius 1 is 0.227 bits per heavy atom. The Hall–Kier alpha value is -9.21. The molecule has 9 aromatic carbocycles. The minimum Gasteiger partial charge on any atom is -0.352 e. The zero-order valence-corrected chi connectivity index (χ0v) is 35.5. The minimum absolute atomic E-state index is 0.589. The number of rotatable bonds is 6. The van der Waals surface area contributed by atoms with E-state index >= 15 is 0 Å². The molecule has 0 bridgehead atoms. The van der Waals surface area contributed by atoms with Crippen molar-refractivity contribution in [3.05, 3.63) is 218 Å².